The van der Waals surface area contributed by atoms with Crippen LogP contribution < -0.4 is 5.32 Å². The minimum atomic E-state index is -0.464. The number of nitriles is 2. The van der Waals surface area contributed by atoms with Gasteiger partial charge in [-0.15, -0.1) is 0 Å². The number of rotatable bonds is 4. The lowest BCUT2D eigenvalue weighted by atomic mass is 10.1. The molecule has 0 saturated heterocycles. The molecule has 0 fully saturated rings. The summed E-state index contributed by atoms with van der Waals surface area (Å²) in [5.74, 6) is -0.464. The highest BCUT2D eigenvalue weighted by Crippen LogP contribution is 2.24. The number of fused-ring (bicyclic) bond motifs is 1. The van der Waals surface area contributed by atoms with E-state index in [1.807, 2.05) is 49.4 Å². The van der Waals surface area contributed by atoms with Crippen molar-refractivity contribution in [1.29, 1.82) is 10.5 Å². The van der Waals surface area contributed by atoms with E-state index in [2.05, 4.69) is 11.4 Å². The van der Waals surface area contributed by atoms with Gasteiger partial charge in [0.25, 0.3) is 5.91 Å². The summed E-state index contributed by atoms with van der Waals surface area (Å²) in [6.45, 7) is 2.16. The Morgan fingerprint density at radius 2 is 1.88 bits per heavy atom. The molecule has 0 spiro atoms. The normalized spacial score (nSPS) is 11.0. The van der Waals surface area contributed by atoms with Crippen molar-refractivity contribution >= 4 is 28.6 Å². The maximum absolute atomic E-state index is 12.4. The first kappa shape index (κ1) is 17.0. The largest absolute Gasteiger partial charge is 0.333 e. The zero-order valence-corrected chi connectivity index (χ0v) is 14.2. The molecular weight excluding hydrogens is 324 g/mol. The van der Waals surface area contributed by atoms with Gasteiger partial charge < -0.3 is 9.88 Å². The van der Waals surface area contributed by atoms with Gasteiger partial charge in [0.1, 0.15) is 18.2 Å². The summed E-state index contributed by atoms with van der Waals surface area (Å²) >= 11 is 0. The Hall–Kier alpha value is -3.83. The molecule has 1 N–H and O–H groups in total. The Morgan fingerprint density at radius 1 is 1.15 bits per heavy atom. The molecule has 0 atom stereocenters. The highest BCUT2D eigenvalue weighted by atomic mass is 16.1. The molecule has 0 radical (unpaired) electrons. The fraction of sp³-hybridized carbons (Fsp3) is 0.0952. The first-order valence-electron chi connectivity index (χ1n) is 8.07. The third-order valence-electron chi connectivity index (χ3n) is 4.03. The second kappa shape index (κ2) is 7.38. The zero-order chi connectivity index (χ0) is 18.5. The molecule has 1 aromatic heterocycles. The van der Waals surface area contributed by atoms with Gasteiger partial charge in [-0.05, 0) is 31.2 Å². The number of nitrogens with one attached hydrogen (secondary N) is 1. The molecule has 0 aliphatic heterocycles. The molecule has 2 aromatic carbocycles. The smallest absolute Gasteiger partial charge is 0.266 e. The maximum Gasteiger partial charge on any atom is 0.266 e. The van der Waals surface area contributed by atoms with Crippen molar-refractivity contribution in [3.8, 4) is 12.1 Å². The van der Waals surface area contributed by atoms with Gasteiger partial charge in [0, 0.05) is 28.4 Å². The molecule has 0 saturated carbocycles. The van der Waals surface area contributed by atoms with Crippen LogP contribution in [-0.4, -0.2) is 10.5 Å². The second-order valence-corrected chi connectivity index (χ2v) is 5.88. The van der Waals surface area contributed by atoms with Gasteiger partial charge in [-0.2, -0.15) is 10.5 Å². The lowest BCUT2D eigenvalue weighted by Gasteiger charge is -2.04. The summed E-state index contributed by atoms with van der Waals surface area (Å²) in [6, 6.07) is 19.0. The van der Waals surface area contributed by atoms with E-state index in [0.717, 1.165) is 22.0 Å². The topological polar surface area (TPSA) is 81.6 Å². The Balaban J connectivity index is 1.95. The summed E-state index contributed by atoms with van der Waals surface area (Å²) in [7, 11) is 0. The van der Waals surface area contributed by atoms with Gasteiger partial charge in [-0.3, -0.25) is 4.79 Å². The molecule has 1 heterocycles. The summed E-state index contributed by atoms with van der Waals surface area (Å²) in [4.78, 5) is 12.4. The van der Waals surface area contributed by atoms with E-state index < -0.39 is 5.91 Å². The van der Waals surface area contributed by atoms with Crippen LogP contribution in [0.25, 0.3) is 17.0 Å². The van der Waals surface area contributed by atoms with Gasteiger partial charge in [-0.25, -0.2) is 0 Å². The molecule has 5 heteroatoms. The van der Waals surface area contributed by atoms with E-state index >= 15 is 0 Å². The molecule has 0 bridgehead atoms. The van der Waals surface area contributed by atoms with Crippen molar-refractivity contribution in [2.75, 3.05) is 5.32 Å². The molecule has 26 heavy (non-hydrogen) atoms. The van der Waals surface area contributed by atoms with E-state index in [4.69, 9.17) is 5.26 Å². The van der Waals surface area contributed by atoms with Crippen LogP contribution in [0.2, 0.25) is 0 Å². The number of carbonyl (C=O) groups excluding carboxylic acids is 1. The molecule has 1 amide bonds. The molecule has 5 nitrogen and oxygen atoms in total. The number of anilines is 1. The number of nitrogens with zero attached hydrogens (tertiary/aromatic N) is 3. The number of aryl methyl sites for hydroxylation is 1. The third kappa shape index (κ3) is 3.48. The number of para-hydroxylation sites is 1. The quantitative estimate of drug-likeness (QED) is 0.575. The van der Waals surface area contributed by atoms with Crippen LogP contribution in [-0.2, 0) is 11.3 Å². The summed E-state index contributed by atoms with van der Waals surface area (Å²) in [6.07, 6.45) is 3.34. The highest BCUT2D eigenvalue weighted by molar-refractivity contribution is 6.10. The number of aromatic nitrogens is 1. The van der Waals surface area contributed by atoms with Crippen molar-refractivity contribution in [3.05, 3.63) is 71.4 Å². The van der Waals surface area contributed by atoms with Gasteiger partial charge in [0.05, 0.1) is 6.07 Å². The van der Waals surface area contributed by atoms with Crippen molar-refractivity contribution in [2.24, 2.45) is 0 Å². The molecule has 3 rings (SSSR count). The van der Waals surface area contributed by atoms with Crippen molar-refractivity contribution in [1.82, 2.24) is 4.57 Å². The monoisotopic (exact) mass is 340 g/mol. The molecule has 3 aromatic rings. The Labute approximate surface area is 151 Å². The molecular formula is C21H16N4O. The van der Waals surface area contributed by atoms with E-state index in [9.17, 15) is 10.1 Å². The third-order valence-corrected chi connectivity index (χ3v) is 4.03. The van der Waals surface area contributed by atoms with E-state index in [-0.39, 0.29) is 12.1 Å². The van der Waals surface area contributed by atoms with E-state index in [1.54, 1.807) is 29.0 Å². The minimum absolute atomic E-state index is 0.00503. The summed E-state index contributed by atoms with van der Waals surface area (Å²) in [5.41, 5.74) is 3.34. The highest BCUT2D eigenvalue weighted by Gasteiger charge is 2.12. The van der Waals surface area contributed by atoms with Crippen molar-refractivity contribution < 1.29 is 4.79 Å². The van der Waals surface area contributed by atoms with E-state index in [1.165, 1.54) is 0 Å². The minimum Gasteiger partial charge on any atom is -0.333 e. The first-order chi connectivity index (χ1) is 12.6. The van der Waals surface area contributed by atoms with E-state index in [0.29, 0.717) is 5.69 Å². The second-order valence-electron chi connectivity index (χ2n) is 5.88. The average Bonchev–Trinajstić information content (AvgIpc) is 2.99. The fourth-order valence-electron chi connectivity index (χ4n) is 2.74. The number of hydrogen-bond acceptors (Lipinski definition) is 3. The van der Waals surface area contributed by atoms with Crippen LogP contribution in [0.4, 0.5) is 5.69 Å². The van der Waals surface area contributed by atoms with Gasteiger partial charge >= 0.3 is 0 Å². The van der Waals surface area contributed by atoms with Gasteiger partial charge in [0.2, 0.25) is 0 Å². The molecule has 0 unspecified atom stereocenters. The van der Waals surface area contributed by atoms with Gasteiger partial charge in [-0.1, -0.05) is 35.9 Å². The molecule has 126 valence electrons. The van der Waals surface area contributed by atoms with Crippen LogP contribution in [0, 0.1) is 29.6 Å². The number of hydrogen-bond donors (Lipinski definition) is 1. The first-order valence-corrected chi connectivity index (χ1v) is 8.07. The Kier molecular flexibility index (Phi) is 4.83. The van der Waals surface area contributed by atoms with Crippen molar-refractivity contribution in [2.45, 2.75) is 13.5 Å². The Morgan fingerprint density at radius 3 is 2.58 bits per heavy atom. The summed E-state index contributed by atoms with van der Waals surface area (Å²) < 4.78 is 1.80. The fourth-order valence-corrected chi connectivity index (χ4v) is 2.74. The molecule has 0 aliphatic carbocycles. The Bertz CT molecular complexity index is 1080. The summed E-state index contributed by atoms with van der Waals surface area (Å²) in [5, 5.41) is 22.0. The van der Waals surface area contributed by atoms with Crippen LogP contribution in [0.5, 0.6) is 0 Å². The maximum atomic E-state index is 12.4. The lowest BCUT2D eigenvalue weighted by Crippen LogP contribution is -2.13. The number of carbonyl (C=O) groups is 1. The lowest BCUT2D eigenvalue weighted by molar-refractivity contribution is -0.112. The van der Waals surface area contributed by atoms with Crippen LogP contribution in [0.15, 0.2) is 60.3 Å². The van der Waals surface area contributed by atoms with Crippen LogP contribution in [0.3, 0.4) is 0 Å². The van der Waals surface area contributed by atoms with Crippen LogP contribution in [0.1, 0.15) is 11.1 Å². The van der Waals surface area contributed by atoms with Gasteiger partial charge in [0.15, 0.2) is 0 Å². The predicted octanol–water partition coefficient (Wildman–Crippen LogP) is 4.02. The average molecular weight is 340 g/mol. The predicted molar refractivity (Wildman–Crippen MR) is 101 cm³/mol. The standard InChI is InChI=1S/C21H16N4O/c1-15-6-8-18(9-7-15)24-21(26)16(13-23)12-17-14-25(11-10-22)20-5-3-2-4-19(17)20/h2-9,12,14H,11H2,1H3,(H,24,26)/b16-12+. The SMILES string of the molecule is Cc1ccc(NC(=O)/C(C#N)=C/c2cn(CC#N)c3ccccc23)cc1. The van der Waals surface area contributed by atoms with Crippen molar-refractivity contribution in [3.63, 3.8) is 0 Å². The zero-order valence-electron chi connectivity index (χ0n) is 14.2. The molecule has 0 aliphatic rings. The number of benzene rings is 2. The van der Waals surface area contributed by atoms with Crippen LogP contribution >= 0.6 is 0 Å². The number of amides is 1.